The number of amides is 1. The highest BCUT2D eigenvalue weighted by Gasteiger charge is 2.31. The standard InChI is InChI=1S/C20H14F3N3O4/c1-2-28-14-8-4-5-11-10-15(29-16(11)14)18-25-26-19(30-18)24-17(27)12-6-3-7-13(9-12)20(21,22)23/h3-10H,2H2,1H3,(H,24,26,27). The van der Waals surface area contributed by atoms with Gasteiger partial charge in [-0.05, 0) is 37.3 Å². The molecule has 4 rings (SSSR count). The number of carbonyl (C=O) groups excluding carboxylic acids is 1. The van der Waals surface area contributed by atoms with E-state index in [4.69, 9.17) is 13.6 Å². The van der Waals surface area contributed by atoms with E-state index in [1.165, 1.54) is 6.07 Å². The van der Waals surface area contributed by atoms with E-state index in [1.54, 1.807) is 18.2 Å². The fourth-order valence-electron chi connectivity index (χ4n) is 2.79. The summed E-state index contributed by atoms with van der Waals surface area (Å²) < 4.78 is 55.1. The molecule has 0 fully saturated rings. The van der Waals surface area contributed by atoms with Gasteiger partial charge in [0.25, 0.3) is 11.8 Å². The number of aromatic nitrogens is 2. The Labute approximate surface area is 167 Å². The van der Waals surface area contributed by atoms with Crippen molar-refractivity contribution in [1.29, 1.82) is 0 Å². The van der Waals surface area contributed by atoms with Crippen LogP contribution in [0.2, 0.25) is 0 Å². The molecular formula is C20H14F3N3O4. The van der Waals surface area contributed by atoms with Crippen molar-refractivity contribution < 1.29 is 31.5 Å². The number of carbonyl (C=O) groups is 1. The smallest absolute Gasteiger partial charge is 0.416 e. The molecule has 1 N–H and O–H groups in total. The summed E-state index contributed by atoms with van der Waals surface area (Å²) in [7, 11) is 0. The van der Waals surface area contributed by atoms with E-state index < -0.39 is 17.6 Å². The lowest BCUT2D eigenvalue weighted by Crippen LogP contribution is -2.14. The highest BCUT2D eigenvalue weighted by Crippen LogP contribution is 2.33. The van der Waals surface area contributed by atoms with E-state index in [9.17, 15) is 18.0 Å². The number of hydrogen-bond donors (Lipinski definition) is 1. The fraction of sp³-hybridized carbons (Fsp3) is 0.150. The molecule has 154 valence electrons. The molecule has 30 heavy (non-hydrogen) atoms. The second-order valence-electron chi connectivity index (χ2n) is 6.16. The van der Waals surface area contributed by atoms with Crippen LogP contribution >= 0.6 is 0 Å². The normalized spacial score (nSPS) is 11.6. The fourth-order valence-corrected chi connectivity index (χ4v) is 2.79. The lowest BCUT2D eigenvalue weighted by Gasteiger charge is -2.07. The van der Waals surface area contributed by atoms with Crippen LogP contribution in [0, 0.1) is 0 Å². The average molecular weight is 417 g/mol. The van der Waals surface area contributed by atoms with Crippen LogP contribution < -0.4 is 10.1 Å². The zero-order valence-corrected chi connectivity index (χ0v) is 15.5. The molecule has 0 spiro atoms. The van der Waals surface area contributed by atoms with Crippen molar-refractivity contribution in [1.82, 2.24) is 10.2 Å². The summed E-state index contributed by atoms with van der Waals surface area (Å²) in [5, 5.41) is 10.5. The van der Waals surface area contributed by atoms with Crippen LogP contribution in [0.5, 0.6) is 5.75 Å². The Morgan fingerprint density at radius 2 is 1.90 bits per heavy atom. The van der Waals surface area contributed by atoms with Crippen molar-refractivity contribution in [2.24, 2.45) is 0 Å². The summed E-state index contributed by atoms with van der Waals surface area (Å²) >= 11 is 0. The maximum Gasteiger partial charge on any atom is 0.416 e. The minimum absolute atomic E-state index is 0.00649. The molecular weight excluding hydrogens is 403 g/mol. The summed E-state index contributed by atoms with van der Waals surface area (Å²) in [6.07, 6.45) is -4.56. The number of furan rings is 1. The molecule has 0 saturated heterocycles. The van der Waals surface area contributed by atoms with E-state index >= 15 is 0 Å². The van der Waals surface area contributed by atoms with Crippen LogP contribution in [-0.2, 0) is 6.18 Å². The number of fused-ring (bicyclic) bond motifs is 1. The highest BCUT2D eigenvalue weighted by molar-refractivity contribution is 6.03. The number of para-hydroxylation sites is 1. The van der Waals surface area contributed by atoms with Crippen LogP contribution in [0.4, 0.5) is 19.2 Å². The highest BCUT2D eigenvalue weighted by atomic mass is 19.4. The van der Waals surface area contributed by atoms with E-state index in [0.29, 0.717) is 17.9 Å². The second-order valence-corrected chi connectivity index (χ2v) is 6.16. The number of nitrogens with zero attached hydrogens (tertiary/aromatic N) is 2. The van der Waals surface area contributed by atoms with Gasteiger partial charge in [-0.3, -0.25) is 10.1 Å². The molecule has 2 aromatic heterocycles. The molecule has 7 nitrogen and oxygen atoms in total. The molecule has 2 heterocycles. The molecule has 2 aromatic carbocycles. The molecule has 0 radical (unpaired) electrons. The van der Waals surface area contributed by atoms with Crippen LogP contribution in [0.15, 0.2) is 57.4 Å². The SMILES string of the molecule is CCOc1cccc2cc(-c3nnc(NC(=O)c4cccc(C(F)(F)F)c4)o3)oc12. The van der Waals surface area contributed by atoms with Crippen molar-refractivity contribution in [2.45, 2.75) is 13.1 Å². The number of halogens is 3. The first-order chi connectivity index (χ1) is 14.3. The van der Waals surface area contributed by atoms with Gasteiger partial charge in [0.1, 0.15) is 0 Å². The maximum absolute atomic E-state index is 12.8. The third-order valence-electron chi connectivity index (χ3n) is 4.12. The lowest BCUT2D eigenvalue weighted by atomic mass is 10.1. The summed E-state index contributed by atoms with van der Waals surface area (Å²) in [6, 6.07) is 10.8. The third kappa shape index (κ3) is 3.84. The average Bonchev–Trinajstić information content (AvgIpc) is 3.35. The van der Waals surface area contributed by atoms with Gasteiger partial charge in [0, 0.05) is 10.9 Å². The summed E-state index contributed by atoms with van der Waals surface area (Å²) in [5.41, 5.74) is -0.634. The van der Waals surface area contributed by atoms with E-state index in [-0.39, 0.29) is 23.2 Å². The van der Waals surface area contributed by atoms with Crippen molar-refractivity contribution in [3.05, 3.63) is 59.7 Å². The molecule has 0 bridgehead atoms. The van der Waals surface area contributed by atoms with Gasteiger partial charge in [0.05, 0.1) is 12.2 Å². The lowest BCUT2D eigenvalue weighted by molar-refractivity contribution is -0.137. The summed E-state index contributed by atoms with van der Waals surface area (Å²) in [5.74, 6) is -0.0180. The number of rotatable bonds is 5. The first kappa shape index (κ1) is 19.5. The number of ether oxygens (including phenoxy) is 1. The Morgan fingerprint density at radius 1 is 1.10 bits per heavy atom. The number of nitrogens with one attached hydrogen (secondary N) is 1. The molecule has 0 aliphatic heterocycles. The Balaban J connectivity index is 1.56. The number of hydrogen-bond acceptors (Lipinski definition) is 6. The van der Waals surface area contributed by atoms with Crippen molar-refractivity contribution in [3.63, 3.8) is 0 Å². The van der Waals surface area contributed by atoms with Gasteiger partial charge in [0.2, 0.25) is 0 Å². The molecule has 0 aliphatic rings. The molecule has 1 amide bonds. The maximum atomic E-state index is 12.8. The van der Waals surface area contributed by atoms with E-state index in [2.05, 4.69) is 15.5 Å². The molecule has 4 aromatic rings. The topological polar surface area (TPSA) is 90.4 Å². The molecule has 0 aliphatic carbocycles. The number of benzene rings is 2. The molecule has 0 atom stereocenters. The first-order valence-corrected chi connectivity index (χ1v) is 8.83. The molecule has 0 unspecified atom stereocenters. The van der Waals surface area contributed by atoms with Gasteiger partial charge >= 0.3 is 12.2 Å². The van der Waals surface area contributed by atoms with Crippen molar-refractivity contribution in [3.8, 4) is 17.4 Å². The predicted octanol–water partition coefficient (Wildman–Crippen LogP) is 5.15. The summed E-state index contributed by atoms with van der Waals surface area (Å²) in [4.78, 5) is 12.3. The van der Waals surface area contributed by atoms with Crippen LogP contribution in [0.1, 0.15) is 22.8 Å². The second kappa shape index (κ2) is 7.54. The number of anilines is 1. The van der Waals surface area contributed by atoms with Crippen LogP contribution in [0.3, 0.4) is 0 Å². The quantitative estimate of drug-likeness (QED) is 0.483. The van der Waals surface area contributed by atoms with Gasteiger partial charge in [0.15, 0.2) is 17.1 Å². The minimum Gasteiger partial charge on any atom is -0.490 e. The monoisotopic (exact) mass is 417 g/mol. The van der Waals surface area contributed by atoms with Crippen molar-refractivity contribution in [2.75, 3.05) is 11.9 Å². The van der Waals surface area contributed by atoms with Gasteiger partial charge in [-0.2, -0.15) is 13.2 Å². The largest absolute Gasteiger partial charge is 0.490 e. The molecule has 0 saturated carbocycles. The third-order valence-corrected chi connectivity index (χ3v) is 4.12. The van der Waals surface area contributed by atoms with Crippen molar-refractivity contribution >= 4 is 22.9 Å². The van der Waals surface area contributed by atoms with Gasteiger partial charge in [-0.15, -0.1) is 5.10 Å². The van der Waals surface area contributed by atoms with Crippen LogP contribution in [-0.4, -0.2) is 22.7 Å². The zero-order chi connectivity index (χ0) is 21.3. The zero-order valence-electron chi connectivity index (χ0n) is 15.5. The molecule has 10 heteroatoms. The van der Waals surface area contributed by atoms with E-state index in [0.717, 1.165) is 23.6 Å². The van der Waals surface area contributed by atoms with Gasteiger partial charge in [-0.25, -0.2) is 0 Å². The first-order valence-electron chi connectivity index (χ1n) is 8.83. The Morgan fingerprint density at radius 3 is 2.67 bits per heavy atom. The Hall–Kier alpha value is -3.82. The Bertz CT molecular complexity index is 1210. The summed E-state index contributed by atoms with van der Waals surface area (Å²) in [6.45, 7) is 2.31. The Kier molecular flexibility index (Phi) is 4.90. The predicted molar refractivity (Wildman–Crippen MR) is 100 cm³/mol. The minimum atomic E-state index is -4.56. The number of alkyl halides is 3. The van der Waals surface area contributed by atoms with Crippen LogP contribution in [0.25, 0.3) is 22.6 Å². The van der Waals surface area contributed by atoms with Gasteiger partial charge in [-0.1, -0.05) is 23.3 Å². The van der Waals surface area contributed by atoms with E-state index in [1.807, 2.05) is 13.0 Å². The van der Waals surface area contributed by atoms with Gasteiger partial charge < -0.3 is 13.6 Å².